The van der Waals surface area contributed by atoms with Crippen molar-refractivity contribution in [2.75, 3.05) is 18.4 Å². The molecule has 1 aromatic carbocycles. The van der Waals surface area contributed by atoms with E-state index < -0.39 is 0 Å². The molecule has 0 heterocycles. The van der Waals surface area contributed by atoms with E-state index >= 15 is 0 Å². The van der Waals surface area contributed by atoms with Crippen molar-refractivity contribution < 1.29 is 0 Å². The Labute approximate surface area is 106 Å². The van der Waals surface area contributed by atoms with E-state index in [9.17, 15) is 0 Å². The van der Waals surface area contributed by atoms with Crippen molar-refractivity contribution in [1.82, 2.24) is 0 Å². The first-order chi connectivity index (χ1) is 8.04. The van der Waals surface area contributed by atoms with Crippen molar-refractivity contribution in [2.45, 2.75) is 33.6 Å². The Kier molecular flexibility index (Phi) is 5.49. The molecule has 0 amide bonds. The number of benzene rings is 1. The van der Waals surface area contributed by atoms with Crippen molar-refractivity contribution in [2.24, 2.45) is 17.6 Å². The van der Waals surface area contributed by atoms with Gasteiger partial charge < -0.3 is 11.1 Å². The summed E-state index contributed by atoms with van der Waals surface area (Å²) < 4.78 is 0. The summed E-state index contributed by atoms with van der Waals surface area (Å²) in [5.41, 5.74) is 8.33. The molecule has 3 N–H and O–H groups in total. The molecule has 2 heteroatoms. The van der Waals surface area contributed by atoms with Crippen LogP contribution in [0.5, 0.6) is 0 Å². The minimum absolute atomic E-state index is 0.541. The maximum atomic E-state index is 5.76. The fourth-order valence-electron chi connectivity index (χ4n) is 1.83. The Balaban J connectivity index is 2.52. The number of nitrogens with two attached hydrogens (primary N) is 1. The summed E-state index contributed by atoms with van der Waals surface area (Å²) >= 11 is 0. The largest absolute Gasteiger partial charge is 0.385 e. The number of anilines is 1. The Morgan fingerprint density at radius 2 is 1.65 bits per heavy atom. The Morgan fingerprint density at radius 1 is 1.06 bits per heavy atom. The van der Waals surface area contributed by atoms with Crippen molar-refractivity contribution in [3.63, 3.8) is 0 Å². The minimum atomic E-state index is 0.541. The van der Waals surface area contributed by atoms with E-state index in [-0.39, 0.29) is 0 Å². The topological polar surface area (TPSA) is 38.0 Å². The molecule has 2 nitrogen and oxygen atoms in total. The van der Waals surface area contributed by atoms with Crippen LogP contribution in [-0.2, 0) is 0 Å². The van der Waals surface area contributed by atoms with Gasteiger partial charge in [0.1, 0.15) is 0 Å². The molecule has 1 rings (SSSR count). The Morgan fingerprint density at radius 3 is 2.06 bits per heavy atom. The number of hydrogen-bond donors (Lipinski definition) is 2. The third-order valence-electron chi connectivity index (χ3n) is 3.39. The molecule has 0 spiro atoms. The molecule has 1 atom stereocenters. The molecule has 1 aromatic rings. The molecule has 0 aliphatic rings. The third-order valence-corrected chi connectivity index (χ3v) is 3.39. The average Bonchev–Trinajstić information content (AvgIpc) is 2.30. The monoisotopic (exact) mass is 234 g/mol. The normalized spacial score (nSPS) is 13.1. The van der Waals surface area contributed by atoms with Crippen LogP contribution in [-0.4, -0.2) is 13.1 Å². The van der Waals surface area contributed by atoms with Gasteiger partial charge in [-0.1, -0.05) is 39.8 Å². The molecule has 0 aliphatic heterocycles. The molecule has 0 radical (unpaired) electrons. The number of nitrogens with one attached hydrogen (secondary N) is 1. The summed E-state index contributed by atoms with van der Waals surface area (Å²) in [6, 6.07) is 8.70. The predicted octanol–water partition coefficient (Wildman–Crippen LogP) is 3.45. The second-order valence-corrected chi connectivity index (χ2v) is 5.40. The van der Waals surface area contributed by atoms with Gasteiger partial charge in [0, 0.05) is 12.2 Å². The highest BCUT2D eigenvalue weighted by molar-refractivity contribution is 5.45. The highest BCUT2D eigenvalue weighted by atomic mass is 14.9. The van der Waals surface area contributed by atoms with Gasteiger partial charge in [-0.15, -0.1) is 0 Å². The molecule has 0 saturated heterocycles. The zero-order chi connectivity index (χ0) is 12.8. The second kappa shape index (κ2) is 6.65. The zero-order valence-electron chi connectivity index (χ0n) is 11.5. The van der Waals surface area contributed by atoms with Crippen LogP contribution in [0.25, 0.3) is 0 Å². The number of rotatable bonds is 6. The molecule has 0 bridgehead atoms. The summed E-state index contributed by atoms with van der Waals surface area (Å²) in [7, 11) is 0. The maximum absolute atomic E-state index is 5.76. The lowest BCUT2D eigenvalue weighted by Crippen LogP contribution is -2.27. The van der Waals surface area contributed by atoms with Crippen LogP contribution in [0, 0.1) is 11.8 Å². The van der Waals surface area contributed by atoms with Crippen molar-refractivity contribution in [3.05, 3.63) is 29.8 Å². The lowest BCUT2D eigenvalue weighted by Gasteiger charge is -2.20. The van der Waals surface area contributed by atoms with Gasteiger partial charge in [0.2, 0.25) is 0 Å². The van der Waals surface area contributed by atoms with Crippen LogP contribution < -0.4 is 11.1 Å². The van der Waals surface area contributed by atoms with Crippen LogP contribution in [0.3, 0.4) is 0 Å². The summed E-state index contributed by atoms with van der Waals surface area (Å²) in [6.45, 7) is 10.6. The van der Waals surface area contributed by atoms with Crippen molar-refractivity contribution >= 4 is 5.69 Å². The second-order valence-electron chi connectivity index (χ2n) is 5.40. The third kappa shape index (κ3) is 4.39. The quantitative estimate of drug-likeness (QED) is 0.791. The van der Waals surface area contributed by atoms with Crippen LogP contribution in [0.4, 0.5) is 5.69 Å². The maximum Gasteiger partial charge on any atom is 0.0340 e. The van der Waals surface area contributed by atoms with Gasteiger partial charge in [-0.3, -0.25) is 0 Å². The van der Waals surface area contributed by atoms with E-state index in [1.54, 1.807) is 0 Å². The van der Waals surface area contributed by atoms with Crippen LogP contribution >= 0.6 is 0 Å². The van der Waals surface area contributed by atoms with E-state index in [0.29, 0.717) is 17.8 Å². The van der Waals surface area contributed by atoms with E-state index in [0.717, 1.165) is 13.1 Å². The van der Waals surface area contributed by atoms with E-state index in [1.165, 1.54) is 11.3 Å². The van der Waals surface area contributed by atoms with E-state index in [2.05, 4.69) is 57.3 Å². The molecule has 17 heavy (non-hydrogen) atoms. The highest BCUT2D eigenvalue weighted by Gasteiger charge is 2.10. The van der Waals surface area contributed by atoms with Gasteiger partial charge in [0.15, 0.2) is 0 Å². The molecule has 0 aromatic heterocycles. The van der Waals surface area contributed by atoms with Crippen LogP contribution in [0.15, 0.2) is 24.3 Å². The Bertz CT molecular complexity index is 314. The first-order valence-corrected chi connectivity index (χ1v) is 6.58. The molecule has 0 fully saturated rings. The summed E-state index contributed by atoms with van der Waals surface area (Å²) in [5.74, 6) is 1.76. The zero-order valence-corrected chi connectivity index (χ0v) is 11.5. The lowest BCUT2D eigenvalue weighted by molar-refractivity contribution is 0.413. The van der Waals surface area contributed by atoms with E-state index in [1.807, 2.05) is 0 Å². The molecular formula is C15H26N2. The molecule has 96 valence electrons. The standard InChI is InChI=1S/C15H26N2/c1-11(2)13-5-7-15(8-6-13)17-10-14(9-16)12(3)4/h5-8,11-12,14,17H,9-10,16H2,1-4H3. The summed E-state index contributed by atoms with van der Waals surface area (Å²) in [6.07, 6.45) is 0. The lowest BCUT2D eigenvalue weighted by atomic mass is 9.96. The summed E-state index contributed by atoms with van der Waals surface area (Å²) in [4.78, 5) is 0. The van der Waals surface area contributed by atoms with Crippen molar-refractivity contribution in [1.29, 1.82) is 0 Å². The number of hydrogen-bond acceptors (Lipinski definition) is 2. The summed E-state index contributed by atoms with van der Waals surface area (Å²) in [5, 5.41) is 3.46. The molecule has 0 aliphatic carbocycles. The minimum Gasteiger partial charge on any atom is -0.385 e. The van der Waals surface area contributed by atoms with Crippen LogP contribution in [0.1, 0.15) is 39.2 Å². The molecule has 1 unspecified atom stereocenters. The van der Waals surface area contributed by atoms with Gasteiger partial charge in [-0.2, -0.15) is 0 Å². The van der Waals surface area contributed by atoms with Crippen molar-refractivity contribution in [3.8, 4) is 0 Å². The predicted molar refractivity (Wildman–Crippen MR) is 76.4 cm³/mol. The van der Waals surface area contributed by atoms with Gasteiger partial charge in [-0.05, 0) is 42.0 Å². The SMILES string of the molecule is CC(C)c1ccc(NCC(CN)C(C)C)cc1. The highest BCUT2D eigenvalue weighted by Crippen LogP contribution is 2.18. The Hall–Kier alpha value is -1.02. The van der Waals surface area contributed by atoms with E-state index in [4.69, 9.17) is 5.73 Å². The first-order valence-electron chi connectivity index (χ1n) is 6.58. The fraction of sp³-hybridized carbons (Fsp3) is 0.600. The van der Waals surface area contributed by atoms with Gasteiger partial charge in [-0.25, -0.2) is 0 Å². The molecular weight excluding hydrogens is 208 g/mol. The fourth-order valence-corrected chi connectivity index (χ4v) is 1.83. The van der Waals surface area contributed by atoms with Crippen LogP contribution in [0.2, 0.25) is 0 Å². The van der Waals surface area contributed by atoms with Gasteiger partial charge >= 0.3 is 0 Å². The smallest absolute Gasteiger partial charge is 0.0340 e. The first kappa shape index (κ1) is 14.0. The average molecular weight is 234 g/mol. The van der Waals surface area contributed by atoms with Gasteiger partial charge in [0.05, 0.1) is 0 Å². The van der Waals surface area contributed by atoms with Gasteiger partial charge in [0.25, 0.3) is 0 Å². The molecule has 0 saturated carbocycles.